The third-order valence-electron chi connectivity index (χ3n) is 13.7. The molecule has 4 aromatic heterocycles. The molecule has 3 atom stereocenters. The predicted molar refractivity (Wildman–Crippen MR) is 226 cm³/mol. The molecule has 0 unspecified atom stereocenters. The van der Waals surface area contributed by atoms with Crippen LogP contribution >= 0.6 is 11.3 Å². The van der Waals surface area contributed by atoms with Crippen LogP contribution < -0.4 is 15.1 Å². The zero-order chi connectivity index (χ0) is 44.7. The lowest BCUT2D eigenvalue weighted by molar-refractivity contribution is -0.142. The number of nitrogens with zero attached hydrogens (tertiary/aromatic N) is 7. The zero-order valence-electron chi connectivity index (χ0n) is 34.2. The number of H-pyrrole nitrogens is 1. The van der Waals surface area contributed by atoms with Crippen LogP contribution in [0.5, 0.6) is 0 Å². The first kappa shape index (κ1) is 40.2. The average molecular weight is 912 g/mol. The molecule has 2 saturated carbocycles. The number of fused-ring (bicyclic) bond motifs is 7. The number of hydrogen-bond acceptors (Lipinski definition) is 9. The van der Waals surface area contributed by atoms with Crippen LogP contribution in [0, 0.1) is 17.6 Å². The van der Waals surface area contributed by atoms with Crippen molar-refractivity contribution in [3.05, 3.63) is 118 Å². The highest BCUT2D eigenvalue weighted by molar-refractivity contribution is 7.22. The molecule has 5 heterocycles. The van der Waals surface area contributed by atoms with Gasteiger partial charge in [0.25, 0.3) is 5.92 Å². The number of aromatic nitrogens is 6. The molecule has 1 aliphatic heterocycles. The van der Waals surface area contributed by atoms with Gasteiger partial charge >= 0.3 is 6.18 Å². The SMILES string of the molecule is O=C(Cn1nc(C(F)(F)F)c2c1C(F)(F)[C@@H]1C[C@H]21)N[C@@H](Cc1cc(F)cc(F)c1)c1nc2nc(N3CCN(c4nc5ccccc5[nH]4)CC3)sc2cc1-c1ccc2c(c1)C(=O)CC21CC1. The summed E-state index contributed by atoms with van der Waals surface area (Å²) in [6.45, 7) is 1.47. The second-order valence-electron chi connectivity index (χ2n) is 17.9. The molecule has 5 aliphatic rings. The number of anilines is 2. The summed E-state index contributed by atoms with van der Waals surface area (Å²) in [7, 11) is 0. The topological polar surface area (TPSA) is 125 Å². The van der Waals surface area contributed by atoms with Gasteiger partial charge in [0.1, 0.15) is 23.9 Å². The number of thiazole rings is 1. The molecule has 0 bridgehead atoms. The van der Waals surface area contributed by atoms with Gasteiger partial charge in [-0.25, -0.2) is 18.7 Å². The fourth-order valence-electron chi connectivity index (χ4n) is 10.3. The van der Waals surface area contributed by atoms with Crippen molar-refractivity contribution in [1.29, 1.82) is 0 Å². The Morgan fingerprint density at radius 2 is 1.68 bits per heavy atom. The molecule has 1 spiro atoms. The Kier molecular flexibility index (Phi) is 8.69. The molecule has 2 N–H and O–H groups in total. The maximum atomic E-state index is 15.5. The Morgan fingerprint density at radius 3 is 2.42 bits per heavy atom. The molecule has 3 aromatic carbocycles. The van der Waals surface area contributed by atoms with Gasteiger partial charge in [0, 0.05) is 66.7 Å². The van der Waals surface area contributed by atoms with Crippen molar-refractivity contribution in [3.63, 3.8) is 0 Å². The smallest absolute Gasteiger partial charge is 0.346 e. The van der Waals surface area contributed by atoms with Gasteiger partial charge in [-0.3, -0.25) is 14.3 Å². The van der Waals surface area contributed by atoms with Crippen molar-refractivity contribution in [2.24, 2.45) is 5.92 Å². The van der Waals surface area contributed by atoms with E-state index in [-0.39, 0.29) is 35.3 Å². The number of Topliss-reactive ketones (excluding diaryl/α,β-unsaturated/α-hetero) is 1. The number of pyridine rings is 1. The van der Waals surface area contributed by atoms with E-state index in [1.807, 2.05) is 42.5 Å². The number of carbonyl (C=O) groups excluding carboxylic acids is 2. The minimum atomic E-state index is -5.04. The number of para-hydroxylation sites is 2. The molecule has 65 heavy (non-hydrogen) atoms. The van der Waals surface area contributed by atoms with Crippen LogP contribution in [0.1, 0.15) is 81.8 Å². The number of aromatic amines is 1. The van der Waals surface area contributed by atoms with E-state index < -0.39 is 71.0 Å². The Balaban J connectivity index is 0.928. The van der Waals surface area contributed by atoms with Gasteiger partial charge in [-0.05, 0) is 84.7 Å². The predicted octanol–water partition coefficient (Wildman–Crippen LogP) is 8.98. The lowest BCUT2D eigenvalue weighted by Gasteiger charge is -2.34. The van der Waals surface area contributed by atoms with Gasteiger partial charge in [0.05, 0.1) is 27.5 Å². The van der Waals surface area contributed by atoms with Crippen LogP contribution in [0.2, 0.25) is 0 Å². The van der Waals surface area contributed by atoms with Crippen LogP contribution in [-0.4, -0.2) is 67.6 Å². The van der Waals surface area contributed by atoms with Crippen LogP contribution in [0.4, 0.5) is 41.8 Å². The highest BCUT2D eigenvalue weighted by atomic mass is 32.1. The summed E-state index contributed by atoms with van der Waals surface area (Å²) in [6.07, 6.45) is -3.23. The maximum absolute atomic E-state index is 15.5. The Morgan fingerprint density at radius 1 is 0.923 bits per heavy atom. The number of ketones is 1. The molecule has 12 rings (SSSR count). The van der Waals surface area contributed by atoms with Gasteiger partial charge in [-0.2, -0.15) is 32.0 Å². The molecule has 4 aliphatic carbocycles. The highest BCUT2D eigenvalue weighted by Crippen LogP contribution is 2.68. The summed E-state index contributed by atoms with van der Waals surface area (Å²) < 4.78 is 104. The Hall–Kier alpha value is -6.37. The normalized spacial score (nSPS) is 20.7. The quantitative estimate of drug-likeness (QED) is 0.138. The highest BCUT2D eigenvalue weighted by Gasteiger charge is 2.68. The maximum Gasteiger partial charge on any atom is 0.435 e. The second kappa shape index (κ2) is 14.1. The molecule has 3 fully saturated rings. The van der Waals surface area contributed by atoms with E-state index in [1.54, 1.807) is 6.07 Å². The standard InChI is InChI=1S/C46H36F7N9O2S/c47-24-13-22(14-25(48)17-24)15-33(54-36(64)21-62-40-37(39(59-62)46(51,52)53)28-18-30(28)45(40,49)50)38-26(23-5-6-29-27(16-23)34(63)20-44(29)7-8-44)19-35-41(57-38)58-43(65-35)61-11-9-60(10-12-61)42-55-31-3-1-2-4-32(31)56-42/h1-6,13-14,16-17,19,28,30,33H,7-12,15,18,20-21H2,(H,54,64)(H,55,56)/t28-,30+,33-/m0/s1. The lowest BCUT2D eigenvalue weighted by atomic mass is 9.92. The number of carbonyl (C=O) groups is 2. The van der Waals surface area contributed by atoms with Gasteiger partial charge in [-0.1, -0.05) is 35.6 Å². The van der Waals surface area contributed by atoms with E-state index in [2.05, 4.69) is 25.2 Å². The minimum absolute atomic E-state index is 0.00342. The van der Waals surface area contributed by atoms with Gasteiger partial charge in [0.2, 0.25) is 11.9 Å². The van der Waals surface area contributed by atoms with Crippen LogP contribution in [0.15, 0.2) is 66.7 Å². The van der Waals surface area contributed by atoms with Crippen molar-refractivity contribution in [1.82, 2.24) is 35.0 Å². The van der Waals surface area contributed by atoms with Crippen molar-refractivity contribution >= 4 is 55.5 Å². The van der Waals surface area contributed by atoms with E-state index in [4.69, 9.17) is 15.0 Å². The first-order valence-corrected chi connectivity index (χ1v) is 22.2. The molecule has 1 amide bonds. The second-order valence-corrected chi connectivity index (χ2v) is 18.9. The number of piperazine rings is 1. The summed E-state index contributed by atoms with van der Waals surface area (Å²) in [4.78, 5) is 49.9. The minimum Gasteiger partial charge on any atom is -0.346 e. The van der Waals surface area contributed by atoms with Crippen molar-refractivity contribution < 1.29 is 40.3 Å². The fraction of sp³-hybridized carbons (Fsp3) is 0.348. The number of rotatable bonds is 9. The van der Waals surface area contributed by atoms with E-state index in [9.17, 15) is 31.5 Å². The molecular formula is C46H36F7N9O2S. The van der Waals surface area contributed by atoms with Crippen molar-refractivity contribution in [2.75, 3.05) is 36.0 Å². The molecular weight excluding hydrogens is 876 g/mol. The largest absolute Gasteiger partial charge is 0.435 e. The first-order valence-electron chi connectivity index (χ1n) is 21.4. The van der Waals surface area contributed by atoms with Crippen molar-refractivity contribution in [3.8, 4) is 11.1 Å². The van der Waals surface area contributed by atoms with Gasteiger partial charge in [0.15, 0.2) is 22.3 Å². The number of benzene rings is 3. The lowest BCUT2D eigenvalue weighted by Crippen LogP contribution is -2.46. The Labute approximate surface area is 368 Å². The first-order chi connectivity index (χ1) is 31.1. The Bertz CT molecular complexity index is 3100. The summed E-state index contributed by atoms with van der Waals surface area (Å²) in [5, 5.41) is 6.96. The van der Waals surface area contributed by atoms with Gasteiger partial charge in [-0.15, -0.1) is 0 Å². The fourth-order valence-corrected chi connectivity index (χ4v) is 11.3. The van der Waals surface area contributed by atoms with E-state index in [1.165, 1.54) is 11.3 Å². The molecule has 7 aromatic rings. The van der Waals surface area contributed by atoms with Crippen molar-refractivity contribution in [2.45, 2.75) is 68.1 Å². The number of alkyl halides is 5. The number of halogens is 7. The molecule has 332 valence electrons. The molecule has 1 saturated heterocycles. The number of hydrogen-bond donors (Lipinski definition) is 2. The third kappa shape index (κ3) is 6.66. The molecule has 19 heteroatoms. The molecule has 0 radical (unpaired) electrons. The zero-order valence-corrected chi connectivity index (χ0v) is 35.0. The summed E-state index contributed by atoms with van der Waals surface area (Å²) in [5.74, 6) is -7.97. The van der Waals surface area contributed by atoms with Crippen LogP contribution in [-0.2, 0) is 35.3 Å². The van der Waals surface area contributed by atoms with Gasteiger partial charge < -0.3 is 20.1 Å². The number of nitrogens with one attached hydrogen (secondary N) is 2. The number of amides is 1. The van der Waals surface area contributed by atoms with Crippen LogP contribution in [0.3, 0.4) is 0 Å². The monoisotopic (exact) mass is 911 g/mol. The summed E-state index contributed by atoms with van der Waals surface area (Å²) in [6, 6.07) is 16.8. The summed E-state index contributed by atoms with van der Waals surface area (Å²) in [5.41, 5.74) is 1.79. The third-order valence-corrected chi connectivity index (χ3v) is 14.8. The van der Waals surface area contributed by atoms with Crippen LogP contribution in [0.25, 0.3) is 32.5 Å². The summed E-state index contributed by atoms with van der Waals surface area (Å²) >= 11 is 1.39. The van der Waals surface area contributed by atoms with E-state index >= 15 is 8.78 Å². The van der Waals surface area contributed by atoms with E-state index in [0.717, 1.165) is 47.5 Å². The van der Waals surface area contributed by atoms with E-state index in [0.29, 0.717) is 75.5 Å². The molecule has 11 nitrogen and oxygen atoms in total. The number of imidazole rings is 1. The average Bonchev–Trinajstić information content (AvgIpc) is 3.99.